The molecule has 0 radical (unpaired) electrons. The van der Waals surface area contributed by atoms with Crippen LogP contribution in [0.3, 0.4) is 0 Å². The third kappa shape index (κ3) is 3.74. The van der Waals surface area contributed by atoms with E-state index in [0.717, 1.165) is 40.1 Å². The van der Waals surface area contributed by atoms with Crippen molar-refractivity contribution in [2.75, 3.05) is 6.54 Å². The van der Waals surface area contributed by atoms with Gasteiger partial charge >= 0.3 is 0 Å². The highest BCUT2D eigenvalue weighted by molar-refractivity contribution is 9.10. The van der Waals surface area contributed by atoms with Crippen molar-refractivity contribution in [3.05, 3.63) is 75.7 Å². The molecule has 1 aliphatic rings. The summed E-state index contributed by atoms with van der Waals surface area (Å²) < 4.78 is 1.06. The molecule has 132 valence electrons. The number of thiazole rings is 1. The molecule has 1 aromatic heterocycles. The Kier molecular flexibility index (Phi) is 5.18. The van der Waals surface area contributed by atoms with Gasteiger partial charge in [0.05, 0.1) is 18.2 Å². The van der Waals surface area contributed by atoms with E-state index in [1.807, 2.05) is 40.6 Å². The van der Waals surface area contributed by atoms with Gasteiger partial charge in [-0.25, -0.2) is 4.98 Å². The molecule has 1 saturated heterocycles. The van der Waals surface area contributed by atoms with E-state index in [0.29, 0.717) is 6.42 Å². The second-order valence-corrected chi connectivity index (χ2v) is 8.26. The molecule has 2 heterocycles. The number of hydrogen-bond donors (Lipinski definition) is 0. The van der Waals surface area contributed by atoms with Gasteiger partial charge in [0.15, 0.2) is 0 Å². The Hall–Kier alpha value is -1.98. The average Bonchev–Trinajstić information content (AvgIpc) is 3.33. The van der Waals surface area contributed by atoms with E-state index in [-0.39, 0.29) is 11.9 Å². The molecule has 2 aromatic carbocycles. The zero-order valence-corrected chi connectivity index (χ0v) is 16.7. The molecule has 1 unspecified atom stereocenters. The van der Waals surface area contributed by atoms with Crippen LogP contribution in [0.15, 0.2) is 64.5 Å². The maximum absolute atomic E-state index is 12.9. The van der Waals surface area contributed by atoms with Crippen LogP contribution in [0, 0.1) is 0 Å². The third-order valence-electron chi connectivity index (χ3n) is 4.73. The van der Waals surface area contributed by atoms with Crippen LogP contribution in [0.1, 0.15) is 30.1 Å². The molecule has 0 aliphatic carbocycles. The Labute approximate surface area is 165 Å². The van der Waals surface area contributed by atoms with E-state index in [9.17, 15) is 4.79 Å². The van der Waals surface area contributed by atoms with Crippen LogP contribution in [-0.2, 0) is 11.2 Å². The van der Waals surface area contributed by atoms with Gasteiger partial charge < -0.3 is 4.90 Å². The summed E-state index contributed by atoms with van der Waals surface area (Å²) in [5.41, 5.74) is 3.17. The molecule has 26 heavy (non-hydrogen) atoms. The Morgan fingerprint density at radius 3 is 2.69 bits per heavy atom. The third-order valence-corrected chi connectivity index (χ3v) is 6.20. The first-order valence-corrected chi connectivity index (χ1v) is 10.4. The summed E-state index contributed by atoms with van der Waals surface area (Å²) >= 11 is 5.08. The summed E-state index contributed by atoms with van der Waals surface area (Å²) in [6.45, 7) is 0.829. The Morgan fingerprint density at radius 2 is 1.92 bits per heavy atom. The van der Waals surface area contributed by atoms with E-state index in [2.05, 4.69) is 45.2 Å². The quantitative estimate of drug-likeness (QED) is 0.553. The molecule has 0 spiro atoms. The second-order valence-electron chi connectivity index (χ2n) is 6.48. The Bertz CT molecular complexity index is 892. The molecule has 3 nitrogen and oxygen atoms in total. The van der Waals surface area contributed by atoms with Gasteiger partial charge in [-0.2, -0.15) is 0 Å². The van der Waals surface area contributed by atoms with E-state index in [1.54, 1.807) is 11.3 Å². The van der Waals surface area contributed by atoms with Crippen molar-refractivity contribution < 1.29 is 4.79 Å². The molecule has 4 rings (SSSR count). The van der Waals surface area contributed by atoms with Gasteiger partial charge in [-0.05, 0) is 30.5 Å². The highest BCUT2D eigenvalue weighted by Crippen LogP contribution is 2.33. The highest BCUT2D eigenvalue weighted by Gasteiger charge is 2.30. The summed E-state index contributed by atoms with van der Waals surface area (Å²) in [5.74, 6) is 0.167. The number of amides is 1. The van der Waals surface area contributed by atoms with Crippen LogP contribution in [0.2, 0.25) is 0 Å². The van der Waals surface area contributed by atoms with Crippen molar-refractivity contribution in [2.24, 2.45) is 0 Å². The summed E-state index contributed by atoms with van der Waals surface area (Å²) in [6.07, 6.45) is 2.45. The predicted molar refractivity (Wildman–Crippen MR) is 109 cm³/mol. The van der Waals surface area contributed by atoms with Gasteiger partial charge in [-0.3, -0.25) is 4.79 Å². The van der Waals surface area contributed by atoms with Crippen LogP contribution in [-0.4, -0.2) is 22.3 Å². The van der Waals surface area contributed by atoms with Crippen LogP contribution in [0.25, 0.3) is 10.6 Å². The highest BCUT2D eigenvalue weighted by atomic mass is 79.9. The van der Waals surface area contributed by atoms with Crippen LogP contribution in [0.5, 0.6) is 0 Å². The minimum absolute atomic E-state index is 0.167. The van der Waals surface area contributed by atoms with Crippen molar-refractivity contribution in [3.63, 3.8) is 0 Å². The van der Waals surface area contributed by atoms with Crippen molar-refractivity contribution in [1.29, 1.82) is 0 Å². The van der Waals surface area contributed by atoms with E-state index in [1.165, 1.54) is 5.56 Å². The van der Waals surface area contributed by atoms with Crippen molar-refractivity contribution in [1.82, 2.24) is 9.88 Å². The van der Waals surface area contributed by atoms with Crippen LogP contribution >= 0.6 is 27.3 Å². The zero-order valence-electron chi connectivity index (χ0n) is 14.3. The lowest BCUT2D eigenvalue weighted by atomic mass is 10.0. The first kappa shape index (κ1) is 17.4. The Morgan fingerprint density at radius 1 is 1.15 bits per heavy atom. The number of hydrogen-bond acceptors (Lipinski definition) is 3. The van der Waals surface area contributed by atoms with Gasteiger partial charge in [-0.15, -0.1) is 11.3 Å². The largest absolute Gasteiger partial charge is 0.335 e. The van der Waals surface area contributed by atoms with Gasteiger partial charge in [0.1, 0.15) is 5.01 Å². The molecule has 0 bridgehead atoms. The molecule has 1 fully saturated rings. The number of nitrogens with zero attached hydrogens (tertiary/aromatic N) is 2. The fourth-order valence-corrected chi connectivity index (χ4v) is 4.54. The number of rotatable bonds is 4. The summed E-state index contributed by atoms with van der Waals surface area (Å²) in [7, 11) is 0. The minimum Gasteiger partial charge on any atom is -0.335 e. The molecule has 3 aromatic rings. The lowest BCUT2D eigenvalue weighted by molar-refractivity contribution is -0.131. The second kappa shape index (κ2) is 7.72. The number of likely N-dealkylation sites (tertiary alicyclic amines) is 1. The number of carbonyl (C=O) groups is 1. The van der Waals surface area contributed by atoms with E-state index < -0.39 is 0 Å². The van der Waals surface area contributed by atoms with Gasteiger partial charge in [0.25, 0.3) is 0 Å². The first-order valence-electron chi connectivity index (χ1n) is 8.75. The van der Waals surface area contributed by atoms with Crippen LogP contribution in [0.4, 0.5) is 0 Å². The molecule has 1 aliphatic heterocycles. The summed E-state index contributed by atoms with van der Waals surface area (Å²) in [4.78, 5) is 19.6. The molecule has 1 atom stereocenters. The molecular weight excluding hydrogens is 408 g/mol. The monoisotopic (exact) mass is 426 g/mol. The topological polar surface area (TPSA) is 33.2 Å². The number of aromatic nitrogens is 1. The maximum Gasteiger partial charge on any atom is 0.229 e. The normalized spacial score (nSPS) is 16.8. The van der Waals surface area contributed by atoms with E-state index >= 15 is 0 Å². The molecule has 0 saturated carbocycles. The number of halogens is 1. The minimum atomic E-state index is 0.167. The van der Waals surface area contributed by atoms with Crippen molar-refractivity contribution in [2.45, 2.75) is 25.3 Å². The van der Waals surface area contributed by atoms with Gasteiger partial charge in [-0.1, -0.05) is 58.4 Å². The first-order chi connectivity index (χ1) is 12.7. The molecule has 5 heteroatoms. The van der Waals surface area contributed by atoms with Gasteiger partial charge in [0.2, 0.25) is 5.91 Å². The average molecular weight is 427 g/mol. The summed E-state index contributed by atoms with van der Waals surface area (Å²) in [6, 6.07) is 18.6. The van der Waals surface area contributed by atoms with Crippen LogP contribution < -0.4 is 0 Å². The SMILES string of the molecule is O=C(Cc1csc(-c2ccccc2)n1)N1CCCC1c1ccc(Br)cc1. The molecular formula is C21H19BrN2OS. The lowest BCUT2D eigenvalue weighted by Gasteiger charge is -2.25. The number of carbonyl (C=O) groups excluding carboxylic acids is 1. The zero-order chi connectivity index (χ0) is 17.9. The predicted octanol–water partition coefficient (Wildman–Crippen LogP) is 5.48. The lowest BCUT2D eigenvalue weighted by Crippen LogP contribution is -2.31. The van der Waals surface area contributed by atoms with E-state index in [4.69, 9.17) is 0 Å². The summed E-state index contributed by atoms with van der Waals surface area (Å²) in [5, 5.41) is 2.98. The maximum atomic E-state index is 12.9. The number of benzene rings is 2. The standard InChI is InChI=1S/C21H19BrN2OS/c22-17-10-8-15(9-11-17)19-7-4-12-24(19)20(25)13-18-14-26-21(23-18)16-5-2-1-3-6-16/h1-3,5-6,8-11,14,19H,4,7,12-13H2. The molecule has 0 N–H and O–H groups in total. The van der Waals surface area contributed by atoms with Crippen molar-refractivity contribution in [3.8, 4) is 10.6 Å². The smallest absolute Gasteiger partial charge is 0.229 e. The van der Waals surface area contributed by atoms with Gasteiger partial charge in [0, 0.05) is 22.0 Å². The molecule has 1 amide bonds. The fourth-order valence-electron chi connectivity index (χ4n) is 3.45. The Balaban J connectivity index is 1.47. The fraction of sp³-hybridized carbons (Fsp3) is 0.238. The van der Waals surface area contributed by atoms with Crippen molar-refractivity contribution >= 4 is 33.2 Å².